The SMILES string of the molecule is O=C(N[C@H]1CCc2ccccc21)c1ncn([C@H]2CCCNC2)n1. The van der Waals surface area contributed by atoms with Gasteiger partial charge in [-0.2, -0.15) is 0 Å². The van der Waals surface area contributed by atoms with Crippen LogP contribution in [0.3, 0.4) is 0 Å². The number of rotatable bonds is 3. The zero-order valence-electron chi connectivity index (χ0n) is 13.0. The first-order valence-electron chi connectivity index (χ1n) is 8.32. The van der Waals surface area contributed by atoms with Crippen LogP contribution < -0.4 is 10.6 Å². The van der Waals surface area contributed by atoms with Crippen LogP contribution in [-0.4, -0.2) is 33.8 Å². The first kappa shape index (κ1) is 14.4. The Bertz CT molecular complexity index is 705. The Kier molecular flexibility index (Phi) is 3.83. The number of nitrogens with one attached hydrogen (secondary N) is 2. The van der Waals surface area contributed by atoms with E-state index in [9.17, 15) is 4.79 Å². The Hall–Kier alpha value is -2.21. The fourth-order valence-electron chi connectivity index (χ4n) is 3.54. The second-order valence-corrected chi connectivity index (χ2v) is 6.31. The van der Waals surface area contributed by atoms with Gasteiger partial charge in [-0.15, -0.1) is 5.10 Å². The van der Waals surface area contributed by atoms with Crippen molar-refractivity contribution >= 4 is 5.91 Å². The Morgan fingerprint density at radius 1 is 1.30 bits per heavy atom. The topological polar surface area (TPSA) is 71.8 Å². The van der Waals surface area contributed by atoms with Crippen LogP contribution in [0.5, 0.6) is 0 Å². The van der Waals surface area contributed by atoms with Gasteiger partial charge in [0.05, 0.1) is 12.1 Å². The number of fused-ring (bicyclic) bond motifs is 1. The number of benzene rings is 1. The third-order valence-electron chi connectivity index (χ3n) is 4.79. The van der Waals surface area contributed by atoms with E-state index in [1.807, 2.05) is 16.8 Å². The molecule has 2 heterocycles. The molecule has 2 aromatic rings. The molecule has 2 N–H and O–H groups in total. The predicted molar refractivity (Wildman–Crippen MR) is 86.1 cm³/mol. The minimum absolute atomic E-state index is 0.0713. The van der Waals surface area contributed by atoms with Crippen LogP contribution in [0.15, 0.2) is 30.6 Å². The van der Waals surface area contributed by atoms with Crippen molar-refractivity contribution in [2.24, 2.45) is 0 Å². The minimum atomic E-state index is -0.186. The third kappa shape index (κ3) is 2.86. The largest absolute Gasteiger partial charge is 0.342 e. The second-order valence-electron chi connectivity index (χ2n) is 6.31. The molecule has 1 aliphatic carbocycles. The molecular weight excluding hydrogens is 290 g/mol. The summed E-state index contributed by atoms with van der Waals surface area (Å²) in [6, 6.07) is 8.65. The molecule has 1 aromatic carbocycles. The van der Waals surface area contributed by atoms with Gasteiger partial charge in [0.2, 0.25) is 5.82 Å². The first-order valence-corrected chi connectivity index (χ1v) is 8.32. The van der Waals surface area contributed by atoms with Crippen LogP contribution in [0.25, 0.3) is 0 Å². The maximum absolute atomic E-state index is 12.4. The molecule has 1 amide bonds. The highest BCUT2D eigenvalue weighted by atomic mass is 16.2. The van der Waals surface area contributed by atoms with Crippen LogP contribution in [0, 0.1) is 0 Å². The Morgan fingerprint density at radius 2 is 2.22 bits per heavy atom. The second kappa shape index (κ2) is 6.12. The fraction of sp³-hybridized carbons (Fsp3) is 0.471. The van der Waals surface area contributed by atoms with Crippen LogP contribution in [0.1, 0.15) is 53.1 Å². The van der Waals surface area contributed by atoms with Gasteiger partial charge in [-0.05, 0) is 43.4 Å². The quantitative estimate of drug-likeness (QED) is 0.903. The van der Waals surface area contributed by atoms with Crippen molar-refractivity contribution in [3.8, 4) is 0 Å². The number of hydrogen-bond donors (Lipinski definition) is 2. The van der Waals surface area contributed by atoms with E-state index in [-0.39, 0.29) is 17.8 Å². The molecule has 0 unspecified atom stereocenters. The lowest BCUT2D eigenvalue weighted by atomic mass is 10.1. The standard InChI is InChI=1S/C17H21N5O/c23-17(20-15-8-7-12-4-1-2-6-14(12)15)16-19-11-22(21-16)13-5-3-9-18-10-13/h1-2,4,6,11,13,15,18H,3,5,7-10H2,(H,20,23)/t13-,15-/m0/s1. The smallest absolute Gasteiger partial charge is 0.291 e. The Balaban J connectivity index is 1.45. The summed E-state index contributed by atoms with van der Waals surface area (Å²) < 4.78 is 1.82. The van der Waals surface area contributed by atoms with E-state index in [4.69, 9.17) is 0 Å². The molecule has 0 bridgehead atoms. The van der Waals surface area contributed by atoms with Crippen LogP contribution in [-0.2, 0) is 6.42 Å². The molecule has 2 atom stereocenters. The summed E-state index contributed by atoms with van der Waals surface area (Å²) in [6.45, 7) is 1.94. The zero-order chi connectivity index (χ0) is 15.6. The first-order chi connectivity index (χ1) is 11.3. The molecule has 1 fully saturated rings. The number of carbonyl (C=O) groups excluding carboxylic acids is 1. The summed E-state index contributed by atoms with van der Waals surface area (Å²) in [5, 5.41) is 10.8. The summed E-state index contributed by atoms with van der Waals surface area (Å²) in [5.74, 6) is 0.0779. The number of nitrogens with zero attached hydrogens (tertiary/aromatic N) is 3. The number of aryl methyl sites for hydroxylation is 1. The molecule has 4 rings (SSSR count). The lowest BCUT2D eigenvalue weighted by Gasteiger charge is -2.22. The summed E-state index contributed by atoms with van der Waals surface area (Å²) in [5.41, 5.74) is 2.54. The van der Waals surface area contributed by atoms with Crippen LogP contribution >= 0.6 is 0 Å². The van der Waals surface area contributed by atoms with Gasteiger partial charge in [-0.3, -0.25) is 4.79 Å². The molecule has 1 saturated heterocycles. The maximum atomic E-state index is 12.4. The minimum Gasteiger partial charge on any atom is -0.342 e. The molecule has 0 radical (unpaired) electrons. The van der Waals surface area contributed by atoms with Gasteiger partial charge >= 0.3 is 0 Å². The number of aromatic nitrogens is 3. The zero-order valence-corrected chi connectivity index (χ0v) is 13.0. The summed E-state index contributed by atoms with van der Waals surface area (Å²) in [4.78, 5) is 16.6. The van der Waals surface area contributed by atoms with E-state index < -0.39 is 0 Å². The molecule has 0 saturated carbocycles. The van der Waals surface area contributed by atoms with Crippen molar-refractivity contribution in [3.63, 3.8) is 0 Å². The lowest BCUT2D eigenvalue weighted by molar-refractivity contribution is 0.0925. The molecule has 1 aliphatic heterocycles. The number of piperidine rings is 1. The van der Waals surface area contributed by atoms with Crippen LogP contribution in [0.2, 0.25) is 0 Å². The summed E-state index contributed by atoms with van der Waals surface area (Å²) in [7, 11) is 0. The predicted octanol–water partition coefficient (Wildman–Crippen LogP) is 1.62. The van der Waals surface area contributed by atoms with Crippen molar-refractivity contribution in [1.82, 2.24) is 25.4 Å². The van der Waals surface area contributed by atoms with Gasteiger partial charge in [0.1, 0.15) is 6.33 Å². The number of hydrogen-bond acceptors (Lipinski definition) is 4. The van der Waals surface area contributed by atoms with Gasteiger partial charge in [0.25, 0.3) is 5.91 Å². The van der Waals surface area contributed by atoms with E-state index in [1.54, 1.807) is 6.33 Å². The van der Waals surface area contributed by atoms with Crippen molar-refractivity contribution < 1.29 is 4.79 Å². The van der Waals surface area contributed by atoms with Crippen molar-refractivity contribution in [3.05, 3.63) is 47.5 Å². The van der Waals surface area contributed by atoms with Crippen molar-refractivity contribution in [1.29, 1.82) is 0 Å². The molecule has 2 aliphatic rings. The normalized spacial score (nSPS) is 23.5. The third-order valence-corrected chi connectivity index (χ3v) is 4.79. The molecular formula is C17H21N5O. The molecule has 120 valence electrons. The maximum Gasteiger partial charge on any atom is 0.291 e. The van der Waals surface area contributed by atoms with Crippen LogP contribution in [0.4, 0.5) is 0 Å². The van der Waals surface area contributed by atoms with E-state index >= 15 is 0 Å². The molecule has 23 heavy (non-hydrogen) atoms. The van der Waals surface area contributed by atoms with E-state index in [0.29, 0.717) is 6.04 Å². The number of carbonyl (C=O) groups is 1. The van der Waals surface area contributed by atoms with Crippen molar-refractivity contribution in [2.75, 3.05) is 13.1 Å². The highest BCUT2D eigenvalue weighted by Crippen LogP contribution is 2.30. The highest BCUT2D eigenvalue weighted by molar-refractivity contribution is 5.90. The Morgan fingerprint density at radius 3 is 3.09 bits per heavy atom. The monoisotopic (exact) mass is 311 g/mol. The van der Waals surface area contributed by atoms with Gasteiger partial charge < -0.3 is 10.6 Å². The van der Waals surface area contributed by atoms with E-state index in [1.165, 1.54) is 11.1 Å². The lowest BCUT2D eigenvalue weighted by Crippen LogP contribution is -2.32. The van der Waals surface area contributed by atoms with Gasteiger partial charge in [-0.1, -0.05) is 24.3 Å². The van der Waals surface area contributed by atoms with Gasteiger partial charge in [-0.25, -0.2) is 9.67 Å². The molecule has 6 nitrogen and oxygen atoms in total. The van der Waals surface area contributed by atoms with E-state index in [0.717, 1.165) is 38.8 Å². The molecule has 0 spiro atoms. The number of amides is 1. The average molecular weight is 311 g/mol. The van der Waals surface area contributed by atoms with Gasteiger partial charge in [0.15, 0.2) is 0 Å². The molecule has 6 heteroatoms. The fourth-order valence-corrected chi connectivity index (χ4v) is 3.54. The summed E-state index contributed by atoms with van der Waals surface area (Å²) in [6.07, 6.45) is 5.84. The average Bonchev–Trinajstić information content (AvgIpc) is 3.24. The Labute approximate surface area is 135 Å². The van der Waals surface area contributed by atoms with Gasteiger partial charge in [0, 0.05) is 6.54 Å². The highest BCUT2D eigenvalue weighted by Gasteiger charge is 2.25. The van der Waals surface area contributed by atoms with E-state index in [2.05, 4.69) is 32.8 Å². The van der Waals surface area contributed by atoms with Crippen molar-refractivity contribution in [2.45, 2.75) is 37.8 Å². The molecule has 1 aromatic heterocycles. The summed E-state index contributed by atoms with van der Waals surface area (Å²) >= 11 is 0.